The van der Waals surface area contributed by atoms with Gasteiger partial charge >= 0.3 is 0 Å². The Morgan fingerprint density at radius 2 is 1.27 bits per heavy atom. The van der Waals surface area contributed by atoms with Crippen LogP contribution in [-0.4, -0.2) is 58.0 Å². The fraction of sp³-hybridized carbons (Fsp3) is 0.900. The molecule has 0 saturated carbocycles. The van der Waals surface area contributed by atoms with Crippen molar-refractivity contribution in [1.29, 1.82) is 0 Å². The third-order valence-corrected chi connectivity index (χ3v) is 1.49. The zero-order valence-electron chi connectivity index (χ0n) is 9.31. The van der Waals surface area contributed by atoms with Crippen LogP contribution in [0.15, 0.2) is 0 Å². The minimum atomic E-state index is 0.0531. The van der Waals surface area contributed by atoms with E-state index >= 15 is 0 Å². The average molecular weight is 221 g/mol. The van der Waals surface area contributed by atoms with E-state index in [1.165, 1.54) is 0 Å². The molecule has 0 spiro atoms. The molecule has 0 bridgehead atoms. The van der Waals surface area contributed by atoms with Gasteiger partial charge in [-0.3, -0.25) is 0 Å². The molecule has 1 N–H and O–H groups in total. The maximum absolute atomic E-state index is 8.41. The standard InChI is InChI=1S/C10H21O5/c1-2-12-5-6-14-9-10-15-8-7-13-4-3-11/h2,11H,3-10H2,1H3. The molecule has 91 valence electrons. The second-order valence-electron chi connectivity index (χ2n) is 2.67. The van der Waals surface area contributed by atoms with E-state index in [1.54, 1.807) is 6.61 Å². The van der Waals surface area contributed by atoms with Gasteiger partial charge in [-0.15, -0.1) is 0 Å². The molecule has 0 aliphatic carbocycles. The zero-order chi connectivity index (χ0) is 11.2. The van der Waals surface area contributed by atoms with E-state index in [0.717, 1.165) is 0 Å². The van der Waals surface area contributed by atoms with Gasteiger partial charge in [0.15, 0.2) is 0 Å². The Labute approximate surface area is 91.3 Å². The lowest BCUT2D eigenvalue weighted by molar-refractivity contribution is -0.000479. The van der Waals surface area contributed by atoms with Crippen LogP contribution in [0.4, 0.5) is 0 Å². The molecule has 0 rings (SSSR count). The van der Waals surface area contributed by atoms with Gasteiger partial charge in [-0.25, -0.2) is 0 Å². The lowest BCUT2D eigenvalue weighted by Gasteiger charge is -2.06. The summed E-state index contributed by atoms with van der Waals surface area (Å²) < 4.78 is 20.4. The van der Waals surface area contributed by atoms with Crippen LogP contribution in [0, 0.1) is 6.61 Å². The normalized spacial score (nSPS) is 10.8. The fourth-order valence-electron chi connectivity index (χ4n) is 0.831. The number of hydrogen-bond donors (Lipinski definition) is 1. The first kappa shape index (κ1) is 14.8. The first-order valence-corrected chi connectivity index (χ1v) is 5.15. The van der Waals surface area contributed by atoms with E-state index in [4.69, 9.17) is 24.1 Å². The summed E-state index contributed by atoms with van der Waals surface area (Å²) in [6, 6.07) is 0. The largest absolute Gasteiger partial charge is 0.394 e. The highest BCUT2D eigenvalue weighted by Gasteiger charge is 1.91. The van der Waals surface area contributed by atoms with Gasteiger partial charge in [0, 0.05) is 0 Å². The summed E-state index contributed by atoms with van der Waals surface area (Å²) in [5, 5.41) is 8.41. The molecule has 0 aromatic carbocycles. The van der Waals surface area contributed by atoms with Crippen molar-refractivity contribution in [2.75, 3.05) is 52.9 Å². The van der Waals surface area contributed by atoms with E-state index in [-0.39, 0.29) is 6.61 Å². The second kappa shape index (κ2) is 13.8. The third-order valence-electron chi connectivity index (χ3n) is 1.49. The van der Waals surface area contributed by atoms with Crippen LogP contribution in [0.3, 0.4) is 0 Å². The van der Waals surface area contributed by atoms with Gasteiger partial charge in [0.2, 0.25) is 0 Å². The molecule has 0 unspecified atom stereocenters. The lowest BCUT2D eigenvalue weighted by atomic mass is 10.7. The molecule has 5 nitrogen and oxygen atoms in total. The molecule has 0 heterocycles. The molecule has 0 amide bonds. The van der Waals surface area contributed by atoms with Crippen molar-refractivity contribution in [3.8, 4) is 0 Å². The van der Waals surface area contributed by atoms with Crippen LogP contribution >= 0.6 is 0 Å². The van der Waals surface area contributed by atoms with Crippen molar-refractivity contribution in [2.24, 2.45) is 0 Å². The molecule has 5 heteroatoms. The second-order valence-corrected chi connectivity index (χ2v) is 2.67. The Balaban J connectivity index is 2.81. The maximum Gasteiger partial charge on any atom is 0.0807 e. The summed E-state index contributed by atoms with van der Waals surface area (Å²) >= 11 is 0. The highest BCUT2D eigenvalue weighted by molar-refractivity contribution is 4.37. The summed E-state index contributed by atoms with van der Waals surface area (Å²) in [5.74, 6) is 0. The van der Waals surface area contributed by atoms with Gasteiger partial charge in [-0.05, 0) is 6.92 Å². The van der Waals surface area contributed by atoms with Gasteiger partial charge in [0.1, 0.15) is 0 Å². The van der Waals surface area contributed by atoms with Crippen molar-refractivity contribution < 1.29 is 24.1 Å². The number of rotatable bonds is 12. The zero-order valence-corrected chi connectivity index (χ0v) is 9.31. The van der Waals surface area contributed by atoms with E-state index in [0.29, 0.717) is 46.2 Å². The van der Waals surface area contributed by atoms with E-state index in [1.807, 2.05) is 6.92 Å². The average Bonchev–Trinajstić information content (AvgIpc) is 2.26. The van der Waals surface area contributed by atoms with Crippen LogP contribution in [0.2, 0.25) is 0 Å². The monoisotopic (exact) mass is 221 g/mol. The SMILES string of the molecule is C[CH]OCCOCCOCCOCCO. The maximum atomic E-state index is 8.41. The van der Waals surface area contributed by atoms with Gasteiger partial charge in [0.25, 0.3) is 0 Å². The lowest BCUT2D eigenvalue weighted by Crippen LogP contribution is -2.12. The van der Waals surface area contributed by atoms with Gasteiger partial charge < -0.3 is 24.1 Å². The Kier molecular flexibility index (Phi) is 13.6. The Hall–Kier alpha value is -0.200. The minimum absolute atomic E-state index is 0.0531. The number of hydrogen-bond acceptors (Lipinski definition) is 5. The number of aliphatic hydroxyl groups is 1. The summed E-state index contributed by atoms with van der Waals surface area (Å²) in [6.45, 7) is 7.20. The highest BCUT2D eigenvalue weighted by atomic mass is 16.6. The predicted molar refractivity (Wildman–Crippen MR) is 55.5 cm³/mol. The fourth-order valence-corrected chi connectivity index (χ4v) is 0.831. The number of aliphatic hydroxyl groups excluding tert-OH is 1. The molecular formula is C10H21O5. The van der Waals surface area contributed by atoms with Gasteiger partial charge in [-0.1, -0.05) is 0 Å². The molecule has 0 saturated heterocycles. The Morgan fingerprint density at radius 1 is 0.800 bits per heavy atom. The first-order valence-electron chi connectivity index (χ1n) is 5.15. The Morgan fingerprint density at radius 3 is 1.73 bits per heavy atom. The minimum Gasteiger partial charge on any atom is -0.394 e. The van der Waals surface area contributed by atoms with Crippen molar-refractivity contribution >= 4 is 0 Å². The summed E-state index contributed by atoms with van der Waals surface area (Å²) in [7, 11) is 0. The molecule has 0 fully saturated rings. The van der Waals surface area contributed by atoms with E-state index < -0.39 is 0 Å². The summed E-state index contributed by atoms with van der Waals surface area (Å²) in [4.78, 5) is 0. The third kappa shape index (κ3) is 13.8. The molecular weight excluding hydrogens is 200 g/mol. The molecule has 15 heavy (non-hydrogen) atoms. The van der Waals surface area contributed by atoms with Crippen molar-refractivity contribution in [2.45, 2.75) is 6.92 Å². The number of ether oxygens (including phenoxy) is 4. The topological polar surface area (TPSA) is 57.2 Å². The molecule has 0 atom stereocenters. The molecule has 0 aliphatic rings. The van der Waals surface area contributed by atoms with E-state index in [2.05, 4.69) is 0 Å². The summed E-state index contributed by atoms with van der Waals surface area (Å²) in [6.07, 6.45) is 0. The van der Waals surface area contributed by atoms with Gasteiger partial charge in [-0.2, -0.15) is 0 Å². The van der Waals surface area contributed by atoms with Crippen LogP contribution < -0.4 is 0 Å². The highest BCUT2D eigenvalue weighted by Crippen LogP contribution is 1.83. The Bertz CT molecular complexity index is 98.0. The molecule has 0 aromatic heterocycles. The summed E-state index contributed by atoms with van der Waals surface area (Å²) in [5.41, 5.74) is 0. The van der Waals surface area contributed by atoms with Crippen LogP contribution in [0.1, 0.15) is 6.92 Å². The molecule has 0 aliphatic heterocycles. The predicted octanol–water partition coefficient (Wildman–Crippen LogP) is 0.227. The molecule has 1 radical (unpaired) electrons. The van der Waals surface area contributed by atoms with Crippen LogP contribution in [0.5, 0.6) is 0 Å². The van der Waals surface area contributed by atoms with Crippen LogP contribution in [0.25, 0.3) is 0 Å². The van der Waals surface area contributed by atoms with Crippen molar-refractivity contribution in [1.82, 2.24) is 0 Å². The van der Waals surface area contributed by atoms with Crippen LogP contribution in [-0.2, 0) is 18.9 Å². The molecule has 0 aromatic rings. The van der Waals surface area contributed by atoms with Crippen molar-refractivity contribution in [3.63, 3.8) is 0 Å². The quantitative estimate of drug-likeness (QED) is 0.478. The van der Waals surface area contributed by atoms with E-state index in [9.17, 15) is 0 Å². The van der Waals surface area contributed by atoms with Gasteiger partial charge in [0.05, 0.1) is 59.5 Å². The smallest absolute Gasteiger partial charge is 0.0807 e. The van der Waals surface area contributed by atoms with Crippen molar-refractivity contribution in [3.05, 3.63) is 6.61 Å². The first-order chi connectivity index (χ1) is 7.41.